The van der Waals surface area contributed by atoms with E-state index in [4.69, 9.17) is 10.5 Å². The summed E-state index contributed by atoms with van der Waals surface area (Å²) in [6.45, 7) is 3.94. The largest absolute Gasteiger partial charge is 0.477 e. The molecule has 1 aromatic rings. The summed E-state index contributed by atoms with van der Waals surface area (Å²) in [6.07, 6.45) is 0.915. The van der Waals surface area contributed by atoms with Crippen molar-refractivity contribution < 1.29 is 4.74 Å². The monoisotopic (exact) mass is 194 g/mol. The van der Waals surface area contributed by atoms with E-state index in [1.807, 2.05) is 6.92 Å². The molecule has 2 heterocycles. The summed E-state index contributed by atoms with van der Waals surface area (Å²) >= 11 is 0. The standard InChI is InChI=1S/C9H14N4O/c1-6-7-2-5-14-8(7)13-9(12-6)11-4-3-10/h2-5,10H2,1H3,(H,11,12,13). The van der Waals surface area contributed by atoms with Gasteiger partial charge in [0.1, 0.15) is 0 Å². The third-order valence-electron chi connectivity index (χ3n) is 2.19. The highest BCUT2D eigenvalue weighted by atomic mass is 16.5. The number of nitrogens with two attached hydrogens (primary N) is 1. The first kappa shape index (κ1) is 9.21. The lowest BCUT2D eigenvalue weighted by Gasteiger charge is -2.06. The van der Waals surface area contributed by atoms with Crippen LogP contribution < -0.4 is 15.8 Å². The molecule has 0 radical (unpaired) electrons. The second-order valence-electron chi connectivity index (χ2n) is 3.23. The van der Waals surface area contributed by atoms with Gasteiger partial charge in [0.2, 0.25) is 11.8 Å². The Labute approximate surface area is 82.7 Å². The first-order chi connectivity index (χ1) is 6.81. The Morgan fingerprint density at radius 1 is 1.50 bits per heavy atom. The molecule has 0 saturated heterocycles. The van der Waals surface area contributed by atoms with Crippen LogP contribution in [-0.2, 0) is 6.42 Å². The summed E-state index contributed by atoms with van der Waals surface area (Å²) in [5.74, 6) is 1.32. The molecule has 1 aliphatic rings. The molecule has 0 amide bonds. The van der Waals surface area contributed by atoms with Gasteiger partial charge in [-0.2, -0.15) is 4.98 Å². The molecule has 0 spiro atoms. The highest BCUT2D eigenvalue weighted by molar-refractivity contribution is 5.40. The highest BCUT2D eigenvalue weighted by Crippen LogP contribution is 2.25. The number of aryl methyl sites for hydroxylation is 1. The normalized spacial score (nSPS) is 13.6. The lowest BCUT2D eigenvalue weighted by molar-refractivity contribution is 0.345. The van der Waals surface area contributed by atoms with E-state index in [0.717, 1.165) is 23.6 Å². The van der Waals surface area contributed by atoms with Crippen LogP contribution in [0.1, 0.15) is 11.3 Å². The van der Waals surface area contributed by atoms with Crippen LogP contribution in [0.2, 0.25) is 0 Å². The quantitative estimate of drug-likeness (QED) is 0.713. The van der Waals surface area contributed by atoms with E-state index in [9.17, 15) is 0 Å². The van der Waals surface area contributed by atoms with Crippen molar-refractivity contribution >= 4 is 5.95 Å². The van der Waals surface area contributed by atoms with Crippen LogP contribution in [0.15, 0.2) is 0 Å². The molecule has 14 heavy (non-hydrogen) atoms. The Balaban J connectivity index is 2.23. The van der Waals surface area contributed by atoms with E-state index in [-0.39, 0.29) is 0 Å². The van der Waals surface area contributed by atoms with Gasteiger partial charge in [-0.15, -0.1) is 0 Å². The summed E-state index contributed by atoms with van der Waals surface area (Å²) in [7, 11) is 0. The molecule has 76 valence electrons. The maximum Gasteiger partial charge on any atom is 0.226 e. The molecule has 0 aliphatic carbocycles. The fourth-order valence-electron chi connectivity index (χ4n) is 1.49. The summed E-state index contributed by atoms with van der Waals surface area (Å²) in [5.41, 5.74) is 7.50. The van der Waals surface area contributed by atoms with Crippen molar-refractivity contribution in [2.45, 2.75) is 13.3 Å². The average molecular weight is 194 g/mol. The number of anilines is 1. The number of nitrogens with zero attached hydrogens (tertiary/aromatic N) is 2. The maximum atomic E-state index is 5.38. The van der Waals surface area contributed by atoms with E-state index in [1.54, 1.807) is 0 Å². The molecule has 0 atom stereocenters. The van der Waals surface area contributed by atoms with Crippen LogP contribution >= 0.6 is 0 Å². The summed E-state index contributed by atoms with van der Waals surface area (Å²) in [6, 6.07) is 0. The van der Waals surface area contributed by atoms with Gasteiger partial charge in [-0.1, -0.05) is 0 Å². The molecule has 1 aromatic heterocycles. The van der Waals surface area contributed by atoms with Gasteiger partial charge >= 0.3 is 0 Å². The number of hydrogen-bond donors (Lipinski definition) is 2. The van der Waals surface area contributed by atoms with Gasteiger partial charge in [0.05, 0.1) is 12.3 Å². The zero-order valence-electron chi connectivity index (χ0n) is 8.21. The van der Waals surface area contributed by atoms with E-state index >= 15 is 0 Å². The SMILES string of the molecule is Cc1nc(NCCN)nc2c1CCO2. The molecule has 0 aromatic carbocycles. The summed E-state index contributed by atoms with van der Waals surface area (Å²) < 4.78 is 5.38. The number of ether oxygens (including phenoxy) is 1. The third-order valence-corrected chi connectivity index (χ3v) is 2.19. The molecular weight excluding hydrogens is 180 g/mol. The van der Waals surface area contributed by atoms with Crippen molar-refractivity contribution in [3.63, 3.8) is 0 Å². The number of fused-ring (bicyclic) bond motifs is 1. The first-order valence-electron chi connectivity index (χ1n) is 4.75. The van der Waals surface area contributed by atoms with Crippen molar-refractivity contribution in [3.8, 4) is 5.88 Å². The summed E-state index contributed by atoms with van der Waals surface area (Å²) in [4.78, 5) is 8.58. The highest BCUT2D eigenvalue weighted by Gasteiger charge is 2.18. The fourth-order valence-corrected chi connectivity index (χ4v) is 1.49. The fraction of sp³-hybridized carbons (Fsp3) is 0.556. The Kier molecular flexibility index (Phi) is 2.49. The van der Waals surface area contributed by atoms with E-state index in [2.05, 4.69) is 15.3 Å². The van der Waals surface area contributed by atoms with Crippen molar-refractivity contribution in [3.05, 3.63) is 11.3 Å². The number of hydrogen-bond acceptors (Lipinski definition) is 5. The lowest BCUT2D eigenvalue weighted by atomic mass is 10.2. The molecule has 2 rings (SSSR count). The number of aromatic nitrogens is 2. The average Bonchev–Trinajstić information content (AvgIpc) is 2.63. The van der Waals surface area contributed by atoms with Crippen LogP contribution in [0.25, 0.3) is 0 Å². The lowest BCUT2D eigenvalue weighted by Crippen LogP contribution is -2.15. The van der Waals surface area contributed by atoms with Gasteiger partial charge in [0, 0.05) is 25.1 Å². The molecule has 1 aliphatic heterocycles. The molecule has 0 saturated carbocycles. The van der Waals surface area contributed by atoms with Gasteiger partial charge in [-0.3, -0.25) is 0 Å². The van der Waals surface area contributed by atoms with Crippen LogP contribution in [0.3, 0.4) is 0 Å². The molecule has 0 fully saturated rings. The molecule has 0 bridgehead atoms. The zero-order valence-corrected chi connectivity index (χ0v) is 8.21. The van der Waals surface area contributed by atoms with Gasteiger partial charge in [0.25, 0.3) is 0 Å². The Hall–Kier alpha value is -1.36. The minimum Gasteiger partial charge on any atom is -0.477 e. The third kappa shape index (κ3) is 1.63. The maximum absolute atomic E-state index is 5.38. The van der Waals surface area contributed by atoms with Crippen molar-refractivity contribution in [2.24, 2.45) is 5.73 Å². The molecule has 5 heteroatoms. The zero-order chi connectivity index (χ0) is 9.97. The van der Waals surface area contributed by atoms with Crippen LogP contribution in [0.4, 0.5) is 5.95 Å². The topological polar surface area (TPSA) is 73.1 Å². The van der Waals surface area contributed by atoms with Crippen LogP contribution in [-0.4, -0.2) is 29.7 Å². The molecular formula is C9H14N4O. The molecule has 0 unspecified atom stereocenters. The Morgan fingerprint density at radius 2 is 2.36 bits per heavy atom. The van der Waals surface area contributed by atoms with Gasteiger partial charge in [-0.05, 0) is 6.92 Å². The first-order valence-corrected chi connectivity index (χ1v) is 4.75. The van der Waals surface area contributed by atoms with Crippen LogP contribution in [0.5, 0.6) is 5.88 Å². The molecule has 5 nitrogen and oxygen atoms in total. The van der Waals surface area contributed by atoms with Crippen molar-refractivity contribution in [1.82, 2.24) is 9.97 Å². The predicted octanol–water partition coefficient (Wildman–Crippen LogP) is 0.0905. The summed E-state index contributed by atoms with van der Waals surface area (Å²) in [5, 5.41) is 3.04. The van der Waals surface area contributed by atoms with E-state index in [0.29, 0.717) is 25.6 Å². The smallest absolute Gasteiger partial charge is 0.226 e. The van der Waals surface area contributed by atoms with Crippen molar-refractivity contribution in [1.29, 1.82) is 0 Å². The second kappa shape index (κ2) is 3.79. The number of rotatable bonds is 3. The minimum atomic E-state index is 0.570. The van der Waals surface area contributed by atoms with Crippen molar-refractivity contribution in [2.75, 3.05) is 25.0 Å². The minimum absolute atomic E-state index is 0.570. The second-order valence-corrected chi connectivity index (χ2v) is 3.23. The van der Waals surface area contributed by atoms with Crippen LogP contribution in [0, 0.1) is 6.92 Å². The van der Waals surface area contributed by atoms with Gasteiger partial charge in [-0.25, -0.2) is 4.98 Å². The Morgan fingerprint density at radius 3 is 3.14 bits per heavy atom. The number of nitrogens with one attached hydrogen (secondary N) is 1. The van der Waals surface area contributed by atoms with E-state index in [1.165, 1.54) is 0 Å². The van der Waals surface area contributed by atoms with Gasteiger partial charge in [0.15, 0.2) is 0 Å². The molecule has 3 N–H and O–H groups in total. The Bertz CT molecular complexity index is 340. The predicted molar refractivity (Wildman–Crippen MR) is 53.5 cm³/mol. The van der Waals surface area contributed by atoms with E-state index < -0.39 is 0 Å². The van der Waals surface area contributed by atoms with Gasteiger partial charge < -0.3 is 15.8 Å².